The molecule has 2 unspecified atom stereocenters. The molecule has 10 heteroatoms. The number of carbonyl (C=O) groups excluding carboxylic acids is 2. The Morgan fingerprint density at radius 1 is 0.308 bits per heavy atom. The summed E-state index contributed by atoms with van der Waals surface area (Å²) < 4.78 is 34.5. The lowest BCUT2D eigenvalue weighted by Crippen LogP contribution is -2.37. The molecule has 0 aromatic carbocycles. The maximum absolute atomic E-state index is 12.9. The van der Waals surface area contributed by atoms with Gasteiger partial charge in [-0.1, -0.05) is 447 Å². The van der Waals surface area contributed by atoms with Crippen LogP contribution in [0, 0.1) is 0 Å². The van der Waals surface area contributed by atoms with Crippen molar-refractivity contribution in [3.8, 4) is 0 Å². The molecule has 104 heavy (non-hydrogen) atoms. The second-order valence-electron chi connectivity index (χ2n) is 32.6. The Morgan fingerprint density at radius 3 is 0.827 bits per heavy atom. The molecule has 0 spiro atoms. The molecule has 0 saturated carbocycles. The molecule has 0 saturated heterocycles. The van der Waals surface area contributed by atoms with Gasteiger partial charge < -0.3 is 27.9 Å². The number of phosphoric acid groups is 1. The fourth-order valence-corrected chi connectivity index (χ4v) is 14.8. The van der Waals surface area contributed by atoms with Gasteiger partial charge in [0.15, 0.2) is 6.10 Å². The summed E-state index contributed by atoms with van der Waals surface area (Å²) in [7, 11) is 1.19. The van der Waals surface area contributed by atoms with E-state index in [4.69, 9.17) is 18.5 Å². The molecule has 0 N–H and O–H groups in total. The first-order valence-electron chi connectivity index (χ1n) is 46.0. The first-order valence-corrected chi connectivity index (χ1v) is 47.5. The van der Waals surface area contributed by atoms with E-state index in [2.05, 4.69) is 74.6 Å². The number of nitrogens with zero attached hydrogens (tertiary/aromatic N) is 1. The lowest BCUT2D eigenvalue weighted by Gasteiger charge is -2.28. The van der Waals surface area contributed by atoms with Gasteiger partial charge in [-0.15, -0.1) is 0 Å². The maximum Gasteiger partial charge on any atom is 0.306 e. The van der Waals surface area contributed by atoms with Gasteiger partial charge in [-0.05, 0) is 77.0 Å². The SMILES string of the molecule is CC/C=C\C/C=C\C/C=C\C/C=C\CCCCCCCCCCCCCCCCCCCCCCCCCCCCCCC(=O)OC(COC(=O)CCCCCCCCCCCCCCCCCCCCCCCCCCCCC/C=C\CCCCCCCCCC)COP(=O)([O-])OCC[N+](C)(C)C. The van der Waals surface area contributed by atoms with Crippen molar-refractivity contribution < 1.29 is 42.1 Å². The number of hydrogen-bond acceptors (Lipinski definition) is 8. The Kier molecular flexibility index (Phi) is 82.9. The number of phosphoric ester groups is 1. The van der Waals surface area contributed by atoms with Crippen molar-refractivity contribution >= 4 is 19.8 Å². The number of quaternary nitrogens is 1. The fourth-order valence-electron chi connectivity index (χ4n) is 14.1. The van der Waals surface area contributed by atoms with Gasteiger partial charge in [-0.3, -0.25) is 14.2 Å². The van der Waals surface area contributed by atoms with Crippen LogP contribution >= 0.6 is 7.82 Å². The maximum atomic E-state index is 12.9. The van der Waals surface area contributed by atoms with Crippen LogP contribution in [0.5, 0.6) is 0 Å². The number of hydrogen-bond donors (Lipinski definition) is 0. The van der Waals surface area contributed by atoms with E-state index in [1.165, 1.54) is 385 Å². The van der Waals surface area contributed by atoms with E-state index in [1.54, 1.807) is 0 Å². The van der Waals surface area contributed by atoms with Crippen molar-refractivity contribution in [3.63, 3.8) is 0 Å². The van der Waals surface area contributed by atoms with Crippen molar-refractivity contribution in [3.05, 3.63) is 60.8 Å². The van der Waals surface area contributed by atoms with Crippen molar-refractivity contribution in [1.82, 2.24) is 0 Å². The van der Waals surface area contributed by atoms with E-state index in [1.807, 2.05) is 21.1 Å². The topological polar surface area (TPSA) is 111 Å². The van der Waals surface area contributed by atoms with Gasteiger partial charge in [0.1, 0.15) is 19.8 Å². The summed E-state index contributed by atoms with van der Waals surface area (Å²) in [6.07, 6.45) is 116. The van der Waals surface area contributed by atoms with E-state index < -0.39 is 26.5 Å². The van der Waals surface area contributed by atoms with Crippen LogP contribution in [-0.2, 0) is 32.7 Å². The van der Waals surface area contributed by atoms with E-state index in [0.717, 1.165) is 57.8 Å². The molecule has 0 radical (unpaired) electrons. The van der Waals surface area contributed by atoms with Crippen LogP contribution in [0.15, 0.2) is 60.8 Å². The highest BCUT2D eigenvalue weighted by atomic mass is 31.2. The Bertz CT molecular complexity index is 1940. The monoisotopic (exact) mass is 1480 g/mol. The first kappa shape index (κ1) is 102. The molecule has 0 heterocycles. The molecule has 0 bridgehead atoms. The lowest BCUT2D eigenvalue weighted by atomic mass is 10.0. The third-order valence-electron chi connectivity index (χ3n) is 21.0. The number of likely N-dealkylation sites (N-methyl/N-ethyl adjacent to an activating group) is 1. The normalized spacial score (nSPS) is 13.2. The van der Waals surface area contributed by atoms with Crippen LogP contribution in [-0.4, -0.2) is 70.0 Å². The summed E-state index contributed by atoms with van der Waals surface area (Å²) >= 11 is 0. The first-order chi connectivity index (χ1) is 51.0. The Hall–Kier alpha value is -2.29. The number of esters is 2. The molecular weight excluding hydrogens is 1300 g/mol. The molecule has 0 amide bonds. The zero-order valence-corrected chi connectivity index (χ0v) is 71.1. The van der Waals surface area contributed by atoms with Gasteiger partial charge in [0.25, 0.3) is 7.82 Å². The molecular formula is C94H178NO8P. The second kappa shape index (κ2) is 84.7. The number of rotatable bonds is 87. The summed E-state index contributed by atoms with van der Waals surface area (Å²) in [5.41, 5.74) is 0. The van der Waals surface area contributed by atoms with Crippen molar-refractivity contribution in [1.29, 1.82) is 0 Å². The Labute approximate surface area is 648 Å². The van der Waals surface area contributed by atoms with Crippen LogP contribution < -0.4 is 4.89 Å². The fraction of sp³-hybridized carbons (Fsp3) is 0.872. The molecule has 0 aliphatic heterocycles. The third-order valence-corrected chi connectivity index (χ3v) is 22.0. The van der Waals surface area contributed by atoms with Crippen molar-refractivity contribution in [2.75, 3.05) is 47.5 Å². The van der Waals surface area contributed by atoms with Gasteiger partial charge in [0.2, 0.25) is 0 Å². The van der Waals surface area contributed by atoms with E-state index in [0.29, 0.717) is 17.4 Å². The van der Waals surface area contributed by atoms with Crippen molar-refractivity contribution in [2.24, 2.45) is 0 Å². The molecule has 0 rings (SSSR count). The van der Waals surface area contributed by atoms with Crippen LogP contribution in [0.3, 0.4) is 0 Å². The van der Waals surface area contributed by atoms with Gasteiger partial charge in [0, 0.05) is 12.8 Å². The minimum absolute atomic E-state index is 0.0272. The van der Waals surface area contributed by atoms with Crippen LogP contribution in [0.2, 0.25) is 0 Å². The number of carbonyl (C=O) groups is 2. The van der Waals surface area contributed by atoms with Gasteiger partial charge in [-0.25, -0.2) is 0 Å². The summed E-state index contributed by atoms with van der Waals surface area (Å²) in [4.78, 5) is 38.3. The minimum Gasteiger partial charge on any atom is -0.756 e. The lowest BCUT2D eigenvalue weighted by molar-refractivity contribution is -0.870. The zero-order valence-electron chi connectivity index (χ0n) is 70.3. The summed E-state index contributed by atoms with van der Waals surface area (Å²) in [5, 5.41) is 0. The smallest absolute Gasteiger partial charge is 0.306 e. The second-order valence-corrected chi connectivity index (χ2v) is 34.1. The highest BCUT2D eigenvalue weighted by Crippen LogP contribution is 2.38. The summed E-state index contributed by atoms with van der Waals surface area (Å²) in [5.74, 6) is -0.804. The number of unbranched alkanes of at least 4 members (excludes halogenated alkanes) is 63. The molecule has 0 aromatic rings. The third kappa shape index (κ3) is 88.6. The molecule has 0 aliphatic carbocycles. The highest BCUT2D eigenvalue weighted by molar-refractivity contribution is 7.45. The summed E-state index contributed by atoms with van der Waals surface area (Å²) in [6, 6.07) is 0. The van der Waals surface area contributed by atoms with E-state index >= 15 is 0 Å². The molecule has 2 atom stereocenters. The predicted molar refractivity (Wildman–Crippen MR) is 453 cm³/mol. The summed E-state index contributed by atoms with van der Waals surface area (Å²) in [6.45, 7) is 4.21. The minimum atomic E-state index is -4.65. The average Bonchev–Trinajstić information content (AvgIpc) is 0.920. The Balaban J connectivity index is 3.82. The van der Waals surface area contributed by atoms with Crippen LogP contribution in [0.4, 0.5) is 0 Å². The highest BCUT2D eigenvalue weighted by Gasteiger charge is 2.22. The van der Waals surface area contributed by atoms with E-state index in [-0.39, 0.29) is 32.0 Å². The molecule has 612 valence electrons. The molecule has 0 aliphatic rings. The predicted octanol–water partition coefficient (Wildman–Crippen LogP) is 30.6. The van der Waals surface area contributed by atoms with Gasteiger partial charge >= 0.3 is 11.9 Å². The molecule has 0 fully saturated rings. The average molecular weight is 1480 g/mol. The van der Waals surface area contributed by atoms with Gasteiger partial charge in [0.05, 0.1) is 27.7 Å². The van der Waals surface area contributed by atoms with Crippen LogP contribution in [0.25, 0.3) is 0 Å². The Morgan fingerprint density at radius 2 is 0.548 bits per heavy atom. The largest absolute Gasteiger partial charge is 0.756 e. The standard InChI is InChI=1S/C94H178NO8P/c1-6-8-10-12-14-16-18-20-22-24-26-28-30-32-34-36-38-40-42-44-46-47-49-51-53-55-57-59-61-63-65-67-69-71-73-75-77-79-81-83-85-87-94(97)103-92(91-102-104(98,99)101-89-88-95(3,4)5)90-100-93(96)86-84-82-80-78-76-74-72-70-68-66-64-62-60-58-56-54-52-50-48-45-43-41-39-37-35-33-31-29-27-25-23-21-19-17-15-13-11-9-7-2/h8,10,14,16,20,22,25-28,92H,6-7,9,11-13,15,17-19,21,23-24,29-91H2,1-5H3/b10-8-,16-14-,22-20-,27-25-,28-26-. The van der Waals surface area contributed by atoms with Gasteiger partial charge in [-0.2, -0.15) is 0 Å². The zero-order chi connectivity index (χ0) is 75.4. The van der Waals surface area contributed by atoms with Crippen molar-refractivity contribution in [2.45, 2.75) is 482 Å². The molecule has 9 nitrogen and oxygen atoms in total. The van der Waals surface area contributed by atoms with E-state index in [9.17, 15) is 19.0 Å². The number of allylic oxidation sites excluding steroid dienone is 10. The number of ether oxygens (including phenoxy) is 2. The van der Waals surface area contributed by atoms with Crippen LogP contribution in [0.1, 0.15) is 476 Å². The molecule has 0 aromatic heterocycles. The quantitative estimate of drug-likeness (QED) is 0.0195.